The molecule has 0 radical (unpaired) electrons. The van der Waals surface area contributed by atoms with Gasteiger partial charge in [0.05, 0.1) is 12.1 Å². The summed E-state index contributed by atoms with van der Waals surface area (Å²) in [4.78, 5) is 17.0. The van der Waals surface area contributed by atoms with Gasteiger partial charge in [-0.2, -0.15) is 4.98 Å². The van der Waals surface area contributed by atoms with Crippen LogP contribution in [-0.2, 0) is 11.3 Å². The zero-order valence-corrected chi connectivity index (χ0v) is 14.5. The highest BCUT2D eigenvalue weighted by Gasteiger charge is 2.23. The zero-order chi connectivity index (χ0) is 16.6. The number of thioether (sulfide) groups is 1. The third-order valence-corrected chi connectivity index (χ3v) is 4.39. The number of allylic oxidation sites excluding steroid dienone is 1. The Morgan fingerprint density at radius 2 is 2.22 bits per heavy atom. The molecule has 3 rings (SSSR count). The number of halogens is 1. The first kappa shape index (κ1) is 15.9. The van der Waals surface area contributed by atoms with E-state index in [4.69, 9.17) is 11.6 Å². The lowest BCUT2D eigenvalue weighted by molar-refractivity contribution is -0.113. The molecule has 0 unspecified atom stereocenters. The van der Waals surface area contributed by atoms with Gasteiger partial charge in [-0.1, -0.05) is 29.4 Å². The molecule has 1 aromatic carbocycles. The van der Waals surface area contributed by atoms with Gasteiger partial charge in [0, 0.05) is 16.4 Å². The fourth-order valence-electron chi connectivity index (χ4n) is 2.29. The summed E-state index contributed by atoms with van der Waals surface area (Å²) in [5.41, 5.74) is 3.05. The number of amides is 1. The van der Waals surface area contributed by atoms with Crippen LogP contribution >= 0.6 is 23.4 Å². The number of aromatic nitrogens is 3. The minimum Gasteiger partial charge on any atom is -0.328 e. The number of hydrogen-bond donors (Lipinski definition) is 2. The number of nitrogens with one attached hydrogen (secondary N) is 2. The number of fused-ring (bicyclic) bond motifs is 1. The molecule has 1 aromatic heterocycles. The maximum Gasteiger partial charge on any atom is 0.255 e. The van der Waals surface area contributed by atoms with Gasteiger partial charge in [-0.05, 0) is 37.8 Å². The molecule has 0 aliphatic carbocycles. The predicted molar refractivity (Wildman–Crippen MR) is 92.9 cm³/mol. The first-order chi connectivity index (χ1) is 11.0. The van der Waals surface area contributed by atoms with E-state index in [9.17, 15) is 4.79 Å². The maximum absolute atomic E-state index is 12.6. The molecule has 23 heavy (non-hydrogen) atoms. The van der Waals surface area contributed by atoms with Gasteiger partial charge in [0.1, 0.15) is 0 Å². The molecule has 0 atom stereocenters. The molecule has 0 bridgehead atoms. The first-order valence-electron chi connectivity index (χ1n) is 7.01. The van der Waals surface area contributed by atoms with E-state index in [1.165, 1.54) is 11.8 Å². The van der Waals surface area contributed by atoms with E-state index in [1.54, 1.807) is 16.8 Å². The summed E-state index contributed by atoms with van der Waals surface area (Å²) in [6.45, 7) is 4.16. The van der Waals surface area contributed by atoms with E-state index in [-0.39, 0.29) is 5.91 Å². The summed E-state index contributed by atoms with van der Waals surface area (Å²) >= 11 is 7.46. The number of benzene rings is 1. The zero-order valence-electron chi connectivity index (χ0n) is 13.0. The van der Waals surface area contributed by atoms with Crippen molar-refractivity contribution >= 4 is 40.9 Å². The third-order valence-electron chi connectivity index (χ3n) is 3.62. The molecular formula is C15H16ClN5OS. The molecule has 6 nitrogen and oxygen atoms in total. The van der Waals surface area contributed by atoms with Crippen LogP contribution in [0, 0.1) is 6.92 Å². The first-order valence-corrected chi connectivity index (χ1v) is 8.61. The van der Waals surface area contributed by atoms with E-state index in [1.807, 2.05) is 26.2 Å². The van der Waals surface area contributed by atoms with Crippen LogP contribution < -0.4 is 10.6 Å². The molecule has 1 aliphatic rings. The van der Waals surface area contributed by atoms with Gasteiger partial charge in [-0.3, -0.25) is 4.79 Å². The van der Waals surface area contributed by atoms with Gasteiger partial charge in [0.25, 0.3) is 5.91 Å². The quantitative estimate of drug-likeness (QED) is 0.832. The van der Waals surface area contributed by atoms with Crippen molar-refractivity contribution < 1.29 is 4.79 Å². The maximum atomic E-state index is 12.6. The lowest BCUT2D eigenvalue weighted by Gasteiger charge is -2.20. The molecule has 0 saturated carbocycles. The highest BCUT2D eigenvalue weighted by molar-refractivity contribution is 7.98. The van der Waals surface area contributed by atoms with Crippen LogP contribution in [-0.4, -0.2) is 26.9 Å². The van der Waals surface area contributed by atoms with Gasteiger partial charge in [-0.25, -0.2) is 4.68 Å². The lowest BCUT2D eigenvalue weighted by Crippen LogP contribution is -2.26. The van der Waals surface area contributed by atoms with Crippen LogP contribution in [0.2, 0.25) is 5.02 Å². The molecule has 0 spiro atoms. The summed E-state index contributed by atoms with van der Waals surface area (Å²) in [5.74, 6) is 0.481. The van der Waals surface area contributed by atoms with Crippen LogP contribution in [0.3, 0.4) is 0 Å². The van der Waals surface area contributed by atoms with E-state index in [2.05, 4.69) is 20.7 Å². The highest BCUT2D eigenvalue weighted by Crippen LogP contribution is 2.25. The summed E-state index contributed by atoms with van der Waals surface area (Å²) in [5, 5.41) is 11.6. The molecule has 2 N–H and O–H groups in total. The van der Waals surface area contributed by atoms with Crippen molar-refractivity contribution in [1.29, 1.82) is 0 Å². The van der Waals surface area contributed by atoms with Crippen LogP contribution in [0.15, 0.2) is 34.6 Å². The Labute approximate surface area is 143 Å². The Kier molecular flexibility index (Phi) is 4.32. The number of hydrogen-bond acceptors (Lipinski definition) is 5. The summed E-state index contributed by atoms with van der Waals surface area (Å²) < 4.78 is 1.69. The Morgan fingerprint density at radius 3 is 2.96 bits per heavy atom. The van der Waals surface area contributed by atoms with Crippen LogP contribution in [0.1, 0.15) is 12.5 Å². The molecule has 0 saturated heterocycles. The van der Waals surface area contributed by atoms with Crippen molar-refractivity contribution in [2.75, 3.05) is 16.9 Å². The molecule has 1 amide bonds. The molecule has 2 heterocycles. The topological polar surface area (TPSA) is 71.8 Å². The number of rotatable bonds is 3. The second-order valence-electron chi connectivity index (χ2n) is 5.22. The van der Waals surface area contributed by atoms with Gasteiger partial charge in [-0.15, -0.1) is 5.10 Å². The van der Waals surface area contributed by atoms with Crippen LogP contribution in [0.4, 0.5) is 11.6 Å². The smallest absolute Gasteiger partial charge is 0.255 e. The fourth-order valence-corrected chi connectivity index (χ4v) is 2.82. The highest BCUT2D eigenvalue weighted by atomic mass is 35.5. The van der Waals surface area contributed by atoms with Crippen molar-refractivity contribution in [3.63, 3.8) is 0 Å². The number of carbonyl (C=O) groups excluding carboxylic acids is 1. The Morgan fingerprint density at radius 1 is 1.43 bits per heavy atom. The van der Waals surface area contributed by atoms with Crippen molar-refractivity contribution in [3.05, 3.63) is 40.1 Å². The standard InChI is InChI=1S/C15H16ClN5OS/c1-8-4-5-10(16)6-12(8)18-13(22)11-7-21-14(17-9(11)2)19-15(20-21)23-3/h4-6H,7H2,1-3H3,(H,18,22)(H,17,19,20). The molecule has 2 aromatic rings. The summed E-state index contributed by atoms with van der Waals surface area (Å²) in [7, 11) is 0. The summed E-state index contributed by atoms with van der Waals surface area (Å²) in [6, 6.07) is 5.41. The molecule has 8 heteroatoms. The Hall–Kier alpha value is -1.99. The van der Waals surface area contributed by atoms with Gasteiger partial charge < -0.3 is 10.6 Å². The molecule has 1 aliphatic heterocycles. The average Bonchev–Trinajstić information content (AvgIpc) is 2.92. The SMILES string of the molecule is CSc1nc2n(n1)CC(C(=O)Nc1cc(Cl)ccc1C)=C(C)N2. The predicted octanol–water partition coefficient (Wildman–Crippen LogP) is 3.30. The normalized spacial score (nSPS) is 13.6. The molecular weight excluding hydrogens is 334 g/mol. The Balaban J connectivity index is 1.83. The van der Waals surface area contributed by atoms with Gasteiger partial charge in [0.2, 0.25) is 11.1 Å². The molecule has 120 valence electrons. The third kappa shape index (κ3) is 3.20. The van der Waals surface area contributed by atoms with Crippen molar-refractivity contribution in [2.24, 2.45) is 0 Å². The van der Waals surface area contributed by atoms with Crippen LogP contribution in [0.25, 0.3) is 0 Å². The van der Waals surface area contributed by atoms with E-state index < -0.39 is 0 Å². The minimum atomic E-state index is -0.174. The average molecular weight is 350 g/mol. The van der Waals surface area contributed by atoms with Crippen molar-refractivity contribution in [2.45, 2.75) is 25.5 Å². The fraction of sp³-hybridized carbons (Fsp3) is 0.267. The molecule has 0 fully saturated rings. The monoisotopic (exact) mass is 349 g/mol. The Bertz CT molecular complexity index is 814. The van der Waals surface area contributed by atoms with Gasteiger partial charge in [0.15, 0.2) is 0 Å². The number of anilines is 2. The van der Waals surface area contributed by atoms with E-state index in [0.29, 0.717) is 33.9 Å². The lowest BCUT2D eigenvalue weighted by atomic mass is 10.1. The van der Waals surface area contributed by atoms with Crippen molar-refractivity contribution in [3.8, 4) is 0 Å². The largest absolute Gasteiger partial charge is 0.328 e. The number of nitrogens with zero attached hydrogens (tertiary/aromatic N) is 3. The van der Waals surface area contributed by atoms with E-state index in [0.717, 1.165) is 11.3 Å². The minimum absolute atomic E-state index is 0.174. The van der Waals surface area contributed by atoms with Crippen molar-refractivity contribution in [1.82, 2.24) is 14.8 Å². The second-order valence-corrected chi connectivity index (χ2v) is 6.43. The second kappa shape index (κ2) is 6.25. The van der Waals surface area contributed by atoms with Gasteiger partial charge >= 0.3 is 0 Å². The van der Waals surface area contributed by atoms with Crippen LogP contribution in [0.5, 0.6) is 0 Å². The van der Waals surface area contributed by atoms with E-state index >= 15 is 0 Å². The number of carbonyl (C=O) groups is 1. The summed E-state index contributed by atoms with van der Waals surface area (Å²) in [6.07, 6.45) is 1.91. The number of aryl methyl sites for hydroxylation is 1.